The van der Waals surface area contributed by atoms with Crippen LogP contribution in [0.3, 0.4) is 0 Å². The highest BCUT2D eigenvalue weighted by molar-refractivity contribution is 7.46. The van der Waals surface area contributed by atoms with Crippen LogP contribution in [0.1, 0.15) is 58.8 Å². The van der Waals surface area contributed by atoms with E-state index in [9.17, 15) is 14.1 Å². The Labute approximate surface area is 154 Å². The highest BCUT2D eigenvalue weighted by Gasteiger charge is 2.61. The molecule has 0 saturated heterocycles. The summed E-state index contributed by atoms with van der Waals surface area (Å²) in [6.45, 7) is 4.33. The third-order valence-electron chi connectivity index (χ3n) is 8.28. The highest BCUT2D eigenvalue weighted by atomic mass is 31.2. The maximum absolute atomic E-state index is 14.3. The monoisotopic (exact) mass is 388 g/mol. The molecule has 0 radical (unpaired) electrons. The van der Waals surface area contributed by atoms with E-state index in [0.29, 0.717) is 31.1 Å². The summed E-state index contributed by atoms with van der Waals surface area (Å²) in [5, 5.41) is 10.4. The molecule has 3 fully saturated rings. The van der Waals surface area contributed by atoms with Crippen molar-refractivity contribution in [2.45, 2.75) is 77.2 Å². The minimum Gasteiger partial charge on any atom is -0.390 e. The molecule has 0 aromatic heterocycles. The number of phosphoric ester groups is 1. The lowest BCUT2D eigenvalue weighted by Gasteiger charge is -2.57. The molecule has 4 aliphatic rings. The summed E-state index contributed by atoms with van der Waals surface area (Å²) in [7, 11) is -4.47. The second kappa shape index (κ2) is 6.12. The zero-order valence-corrected chi connectivity index (χ0v) is 16.4. The fraction of sp³-hybridized carbons (Fsp3) is 0.895. The number of phosphoric acid groups is 1. The van der Waals surface area contributed by atoms with Gasteiger partial charge in [-0.1, -0.05) is 25.5 Å². The Morgan fingerprint density at radius 3 is 2.65 bits per heavy atom. The number of aliphatic hydroxyl groups excluding tert-OH is 1. The number of halogens is 1. The van der Waals surface area contributed by atoms with Crippen LogP contribution in [0, 0.1) is 28.6 Å². The zero-order valence-electron chi connectivity index (χ0n) is 15.5. The predicted molar refractivity (Wildman–Crippen MR) is 94.9 cm³/mol. The van der Waals surface area contributed by atoms with E-state index in [4.69, 9.17) is 14.3 Å². The Morgan fingerprint density at radius 1 is 1.23 bits per heavy atom. The molecule has 0 spiro atoms. The van der Waals surface area contributed by atoms with Gasteiger partial charge in [0.15, 0.2) is 0 Å². The highest BCUT2D eigenvalue weighted by Crippen LogP contribution is 2.65. The minimum atomic E-state index is -4.47. The van der Waals surface area contributed by atoms with Gasteiger partial charge in [0.2, 0.25) is 0 Å². The molecule has 0 aliphatic heterocycles. The number of hydrogen-bond donors (Lipinski definition) is 3. The fourth-order valence-electron chi connectivity index (χ4n) is 6.86. The molecule has 0 heterocycles. The lowest BCUT2D eigenvalue weighted by molar-refractivity contribution is -0.0760. The Kier molecular flexibility index (Phi) is 4.49. The molecule has 8 atom stereocenters. The Bertz CT molecular complexity index is 662. The van der Waals surface area contributed by atoms with Gasteiger partial charge in [-0.25, -0.2) is 8.96 Å². The Balaban J connectivity index is 1.58. The maximum atomic E-state index is 14.3. The summed E-state index contributed by atoms with van der Waals surface area (Å²) < 4.78 is 30.5. The van der Waals surface area contributed by atoms with Crippen LogP contribution in [-0.4, -0.2) is 33.3 Å². The molecule has 4 aliphatic carbocycles. The number of allylic oxidation sites excluding steroid dienone is 1. The third kappa shape index (κ3) is 2.84. The van der Waals surface area contributed by atoms with Crippen molar-refractivity contribution in [2.75, 3.05) is 0 Å². The first kappa shape index (κ1) is 19.1. The van der Waals surface area contributed by atoms with Crippen molar-refractivity contribution in [1.29, 1.82) is 0 Å². The molecule has 0 unspecified atom stereocenters. The summed E-state index contributed by atoms with van der Waals surface area (Å²) in [6, 6.07) is 0. The van der Waals surface area contributed by atoms with E-state index in [0.717, 1.165) is 25.7 Å². The topological polar surface area (TPSA) is 87.0 Å². The van der Waals surface area contributed by atoms with Crippen LogP contribution in [0.15, 0.2) is 11.6 Å². The predicted octanol–water partition coefficient (Wildman–Crippen LogP) is 3.74. The molecule has 3 N–H and O–H groups in total. The average Bonchev–Trinajstić information content (AvgIpc) is 2.77. The van der Waals surface area contributed by atoms with Gasteiger partial charge in [0.1, 0.15) is 6.17 Å². The average molecular weight is 388 g/mol. The number of fused-ring (bicyclic) bond motifs is 5. The molecule has 26 heavy (non-hydrogen) atoms. The van der Waals surface area contributed by atoms with E-state index < -0.39 is 26.2 Å². The van der Waals surface area contributed by atoms with E-state index in [1.165, 1.54) is 5.57 Å². The van der Waals surface area contributed by atoms with Gasteiger partial charge in [0.05, 0.1) is 12.2 Å². The van der Waals surface area contributed by atoms with Crippen molar-refractivity contribution in [1.82, 2.24) is 0 Å². The second-order valence-corrected chi connectivity index (χ2v) is 10.7. The normalized spacial score (nSPS) is 51.2. The Hall–Kier alpha value is -0.260. The Morgan fingerprint density at radius 2 is 1.96 bits per heavy atom. The van der Waals surface area contributed by atoms with E-state index in [1.54, 1.807) is 0 Å². The van der Waals surface area contributed by atoms with Gasteiger partial charge in [-0.05, 0) is 73.5 Å². The quantitative estimate of drug-likeness (QED) is 0.496. The van der Waals surface area contributed by atoms with E-state index >= 15 is 0 Å². The third-order valence-corrected chi connectivity index (χ3v) is 8.85. The SMILES string of the molecule is C[C@]12CC[C@H]3[C@@H](CC=C4C[C@H](OP(=O)(O)O)CC[C@@]43C)[C@@H]1C[C@@H](F)[C@@H]2O. The van der Waals surface area contributed by atoms with Crippen LogP contribution >= 0.6 is 7.82 Å². The second-order valence-electron chi connectivity index (χ2n) is 9.46. The molecule has 7 heteroatoms. The lowest BCUT2D eigenvalue weighted by Crippen LogP contribution is -2.51. The van der Waals surface area contributed by atoms with Gasteiger partial charge < -0.3 is 14.9 Å². The summed E-state index contributed by atoms with van der Waals surface area (Å²) in [4.78, 5) is 18.2. The molecule has 5 nitrogen and oxygen atoms in total. The molecule has 0 amide bonds. The van der Waals surface area contributed by atoms with Crippen molar-refractivity contribution in [2.24, 2.45) is 28.6 Å². The fourth-order valence-corrected chi connectivity index (χ4v) is 7.42. The smallest absolute Gasteiger partial charge is 0.390 e. The summed E-state index contributed by atoms with van der Waals surface area (Å²) >= 11 is 0. The molecular weight excluding hydrogens is 358 g/mol. The van der Waals surface area contributed by atoms with Gasteiger partial charge in [0, 0.05) is 0 Å². The first-order valence-corrected chi connectivity index (χ1v) is 11.3. The number of hydrogen-bond acceptors (Lipinski definition) is 3. The van der Waals surface area contributed by atoms with E-state index in [2.05, 4.69) is 19.9 Å². The summed E-state index contributed by atoms with van der Waals surface area (Å²) in [6.07, 6.45) is 5.05. The zero-order chi connectivity index (χ0) is 18.9. The molecule has 3 saturated carbocycles. The minimum absolute atomic E-state index is 0.00163. The maximum Gasteiger partial charge on any atom is 0.469 e. The first-order valence-electron chi connectivity index (χ1n) is 9.80. The molecule has 4 rings (SSSR count). The van der Waals surface area contributed by atoms with Crippen molar-refractivity contribution < 1.29 is 28.4 Å². The lowest BCUT2D eigenvalue weighted by atomic mass is 9.48. The van der Waals surface area contributed by atoms with Crippen LogP contribution in [0.2, 0.25) is 0 Å². The molecule has 0 bridgehead atoms. The van der Waals surface area contributed by atoms with Crippen molar-refractivity contribution in [3.8, 4) is 0 Å². The van der Waals surface area contributed by atoms with Crippen LogP contribution in [0.25, 0.3) is 0 Å². The van der Waals surface area contributed by atoms with Crippen LogP contribution < -0.4 is 0 Å². The first-order chi connectivity index (χ1) is 12.0. The van der Waals surface area contributed by atoms with Crippen LogP contribution in [-0.2, 0) is 9.09 Å². The summed E-state index contributed by atoms with van der Waals surface area (Å²) in [5.74, 6) is 1.05. The standard InChI is InChI=1S/C19H30FO5P/c1-18-7-5-12(25-26(22,23)24)9-11(18)3-4-13-14(18)6-8-19(2)15(13)10-16(20)17(19)21/h3,12-17,21H,4-10H2,1-2H3,(H2,22,23,24)/t12-,13-,14+,15+,16-,17+,18+,19+/m1/s1. The van der Waals surface area contributed by atoms with E-state index in [-0.39, 0.29) is 16.7 Å². The number of rotatable bonds is 2. The molecule has 0 aromatic rings. The van der Waals surface area contributed by atoms with Crippen LogP contribution in [0.5, 0.6) is 0 Å². The van der Waals surface area contributed by atoms with Gasteiger partial charge in [-0.3, -0.25) is 4.52 Å². The number of alkyl halides is 1. The van der Waals surface area contributed by atoms with Gasteiger partial charge in [-0.2, -0.15) is 0 Å². The van der Waals surface area contributed by atoms with Crippen molar-refractivity contribution >= 4 is 7.82 Å². The van der Waals surface area contributed by atoms with Crippen LogP contribution in [0.4, 0.5) is 4.39 Å². The van der Waals surface area contributed by atoms with Gasteiger partial charge in [0.25, 0.3) is 0 Å². The largest absolute Gasteiger partial charge is 0.469 e. The number of aliphatic hydroxyl groups is 1. The van der Waals surface area contributed by atoms with Gasteiger partial charge in [-0.15, -0.1) is 0 Å². The van der Waals surface area contributed by atoms with Gasteiger partial charge >= 0.3 is 7.82 Å². The molecule has 148 valence electrons. The van der Waals surface area contributed by atoms with E-state index in [1.807, 2.05) is 0 Å². The molecule has 0 aromatic carbocycles. The molecular formula is C19H30FO5P. The van der Waals surface area contributed by atoms with Crippen molar-refractivity contribution in [3.63, 3.8) is 0 Å². The van der Waals surface area contributed by atoms with Crippen molar-refractivity contribution in [3.05, 3.63) is 11.6 Å². The summed E-state index contributed by atoms with van der Waals surface area (Å²) in [5.41, 5.74) is 0.934.